The Hall–Kier alpha value is -4.39. The number of pyridine rings is 1. The first-order valence-corrected chi connectivity index (χ1v) is 11.8. The Balaban J connectivity index is 1.36. The first kappa shape index (κ1) is 23.4. The van der Waals surface area contributed by atoms with Gasteiger partial charge in [-0.2, -0.15) is 4.98 Å². The number of anilines is 1. The standard InChI is InChI=1S/C23H20N6O6S/c1-34-27-16(15-10-35-23(24)25-15)19(30)26-17-20(31)29-18(22(32)33)14(11-36-21(17)29)9-28-7-6-12-4-2-3-5-13(12)8-28/h2-8,10,17,21H,9,11H2,1H3,(H3-,24,25,26,30,32,33)/t17?,21-/m0/s1. The van der Waals surface area contributed by atoms with Crippen LogP contribution in [0.25, 0.3) is 10.8 Å². The number of fused-ring (bicyclic) bond motifs is 2. The molecule has 184 valence electrons. The van der Waals surface area contributed by atoms with Gasteiger partial charge in [0.05, 0.1) is 11.7 Å². The lowest BCUT2D eigenvalue weighted by molar-refractivity contribution is -0.687. The quantitative estimate of drug-likeness (QED) is 0.179. The molecule has 0 radical (unpaired) electrons. The highest BCUT2D eigenvalue weighted by Gasteiger charge is 2.53. The molecule has 2 aliphatic rings. The van der Waals surface area contributed by atoms with Gasteiger partial charge in [-0.1, -0.05) is 23.4 Å². The highest BCUT2D eigenvalue weighted by Crippen LogP contribution is 2.40. The zero-order valence-electron chi connectivity index (χ0n) is 18.9. The van der Waals surface area contributed by atoms with E-state index in [4.69, 9.17) is 15.0 Å². The highest BCUT2D eigenvalue weighted by molar-refractivity contribution is 8.00. The number of nitrogens with zero attached hydrogens (tertiary/aromatic N) is 4. The Labute approximate surface area is 208 Å². The maximum absolute atomic E-state index is 13.0. The molecule has 2 aromatic heterocycles. The smallest absolute Gasteiger partial charge is 0.292 e. The number of nitrogens with two attached hydrogens (primary N) is 1. The number of carboxylic acid groups (broad SMARTS) is 1. The van der Waals surface area contributed by atoms with Crippen molar-refractivity contribution >= 4 is 52.0 Å². The third-order valence-electron chi connectivity index (χ3n) is 5.81. The van der Waals surface area contributed by atoms with Gasteiger partial charge in [0.2, 0.25) is 0 Å². The Morgan fingerprint density at radius 3 is 2.83 bits per heavy atom. The Morgan fingerprint density at radius 1 is 1.36 bits per heavy atom. The van der Waals surface area contributed by atoms with Gasteiger partial charge in [0.25, 0.3) is 17.8 Å². The number of amides is 2. The van der Waals surface area contributed by atoms with E-state index in [1.807, 2.05) is 47.3 Å². The lowest BCUT2D eigenvalue weighted by Crippen LogP contribution is -2.71. The van der Waals surface area contributed by atoms with Gasteiger partial charge in [-0.25, -0.2) is 4.57 Å². The predicted molar refractivity (Wildman–Crippen MR) is 126 cm³/mol. The number of oxime groups is 1. The molecule has 2 aliphatic heterocycles. The van der Waals surface area contributed by atoms with E-state index in [1.165, 1.54) is 18.9 Å². The van der Waals surface area contributed by atoms with Crippen molar-refractivity contribution in [2.75, 3.05) is 18.6 Å². The van der Waals surface area contributed by atoms with Gasteiger partial charge in [-0.3, -0.25) is 14.5 Å². The summed E-state index contributed by atoms with van der Waals surface area (Å²) < 4.78 is 6.77. The van der Waals surface area contributed by atoms with Gasteiger partial charge in [0.1, 0.15) is 30.5 Å². The number of rotatable bonds is 7. The molecule has 0 saturated carbocycles. The fourth-order valence-electron chi connectivity index (χ4n) is 4.19. The maximum Gasteiger partial charge on any atom is 0.292 e. The first-order chi connectivity index (χ1) is 17.4. The molecule has 1 fully saturated rings. The van der Waals surface area contributed by atoms with Crippen LogP contribution >= 0.6 is 11.8 Å². The molecular formula is C23H20N6O6S. The van der Waals surface area contributed by atoms with Crippen LogP contribution in [0.1, 0.15) is 5.69 Å². The molecule has 4 heterocycles. The zero-order valence-corrected chi connectivity index (χ0v) is 19.7. The Bertz CT molecular complexity index is 1450. The van der Waals surface area contributed by atoms with Crippen molar-refractivity contribution < 1.29 is 33.3 Å². The molecule has 0 bridgehead atoms. The molecular weight excluding hydrogens is 488 g/mol. The van der Waals surface area contributed by atoms with Crippen LogP contribution in [0.3, 0.4) is 0 Å². The van der Waals surface area contributed by atoms with E-state index in [0.29, 0.717) is 11.3 Å². The third-order valence-corrected chi connectivity index (χ3v) is 7.15. The summed E-state index contributed by atoms with van der Waals surface area (Å²) in [6, 6.07) is 8.61. The number of hydrogen-bond acceptors (Lipinski definition) is 10. The van der Waals surface area contributed by atoms with E-state index >= 15 is 0 Å². The van der Waals surface area contributed by atoms with Crippen LogP contribution in [0, 0.1) is 0 Å². The van der Waals surface area contributed by atoms with E-state index in [1.54, 1.807) is 0 Å². The van der Waals surface area contributed by atoms with Crippen molar-refractivity contribution in [2.45, 2.75) is 18.0 Å². The van der Waals surface area contributed by atoms with Crippen LogP contribution in [-0.4, -0.2) is 57.7 Å². The lowest BCUT2D eigenvalue weighted by Gasteiger charge is -2.50. The van der Waals surface area contributed by atoms with Gasteiger partial charge >= 0.3 is 0 Å². The second-order valence-corrected chi connectivity index (χ2v) is 9.15. The molecule has 1 aromatic carbocycles. The molecule has 13 heteroatoms. The van der Waals surface area contributed by atoms with E-state index in [2.05, 4.69) is 15.5 Å². The molecule has 3 aromatic rings. The largest absolute Gasteiger partial charge is 0.543 e. The number of carbonyl (C=O) groups is 3. The fraction of sp³-hybridized carbons (Fsp3) is 0.217. The monoisotopic (exact) mass is 508 g/mol. The van der Waals surface area contributed by atoms with Crippen molar-refractivity contribution in [1.29, 1.82) is 0 Å². The molecule has 5 rings (SSSR count). The van der Waals surface area contributed by atoms with Crippen LogP contribution in [0.15, 0.2) is 69.8 Å². The predicted octanol–water partition coefficient (Wildman–Crippen LogP) is -0.848. The van der Waals surface area contributed by atoms with Gasteiger partial charge in [0, 0.05) is 22.8 Å². The number of β-lactam (4-membered cyclic amide) rings is 1. The number of carboxylic acids is 1. The van der Waals surface area contributed by atoms with Crippen LogP contribution < -0.4 is 20.7 Å². The van der Waals surface area contributed by atoms with E-state index < -0.39 is 29.2 Å². The summed E-state index contributed by atoms with van der Waals surface area (Å²) in [6.07, 6.45) is 4.90. The third kappa shape index (κ3) is 4.13. The van der Waals surface area contributed by atoms with E-state index in [9.17, 15) is 19.5 Å². The van der Waals surface area contributed by atoms with Crippen molar-refractivity contribution in [2.24, 2.45) is 5.16 Å². The van der Waals surface area contributed by atoms with Crippen molar-refractivity contribution in [3.63, 3.8) is 0 Å². The molecule has 2 amide bonds. The maximum atomic E-state index is 13.0. The average molecular weight is 509 g/mol. The SMILES string of the molecule is CON=C(C(=O)NC1C(=O)N2C(C(=O)[O-])=C(C[n+]3ccc4ccccc4c3)CS[C@@H]12)c1coc(N)n1. The molecule has 0 aliphatic carbocycles. The molecule has 12 nitrogen and oxygen atoms in total. The number of carbonyl (C=O) groups excluding carboxylic acids is 3. The zero-order chi connectivity index (χ0) is 25.4. The number of nitrogen functional groups attached to an aromatic ring is 1. The number of hydrogen-bond donors (Lipinski definition) is 2. The summed E-state index contributed by atoms with van der Waals surface area (Å²) in [6.45, 7) is 0.271. The molecule has 1 saturated heterocycles. The second kappa shape index (κ2) is 9.34. The van der Waals surface area contributed by atoms with Crippen LogP contribution in [-0.2, 0) is 25.8 Å². The van der Waals surface area contributed by atoms with E-state index in [0.717, 1.165) is 21.9 Å². The normalized spacial score (nSPS) is 19.6. The summed E-state index contributed by atoms with van der Waals surface area (Å²) in [7, 11) is 1.25. The van der Waals surface area contributed by atoms with Crippen LogP contribution in [0.4, 0.5) is 6.01 Å². The second-order valence-electron chi connectivity index (χ2n) is 8.04. The first-order valence-electron chi connectivity index (χ1n) is 10.8. The van der Waals surface area contributed by atoms with Gasteiger partial charge in [-0.05, 0) is 11.5 Å². The summed E-state index contributed by atoms with van der Waals surface area (Å²) in [5, 5.41) is 19.7. The number of benzene rings is 1. The van der Waals surface area contributed by atoms with E-state index in [-0.39, 0.29) is 29.7 Å². The summed E-state index contributed by atoms with van der Waals surface area (Å²) in [4.78, 5) is 47.6. The van der Waals surface area contributed by atoms with Crippen molar-refractivity contribution in [3.8, 4) is 0 Å². The lowest BCUT2D eigenvalue weighted by atomic mass is 10.0. The number of aliphatic carboxylic acids is 1. The van der Waals surface area contributed by atoms with Crippen molar-refractivity contribution in [1.82, 2.24) is 15.2 Å². The highest BCUT2D eigenvalue weighted by atomic mass is 32.2. The average Bonchev–Trinajstić information content (AvgIpc) is 3.30. The Morgan fingerprint density at radius 2 is 2.14 bits per heavy atom. The molecule has 2 atom stereocenters. The summed E-state index contributed by atoms with van der Waals surface area (Å²) in [5.41, 5.74) is 5.61. The van der Waals surface area contributed by atoms with Crippen molar-refractivity contribution in [3.05, 3.63) is 66.0 Å². The number of oxazole rings is 1. The number of thioether (sulfide) groups is 1. The summed E-state index contributed by atoms with van der Waals surface area (Å²) in [5.74, 6) is -2.44. The van der Waals surface area contributed by atoms with Crippen LogP contribution in [0.5, 0.6) is 0 Å². The topological polar surface area (TPSA) is 167 Å². The summed E-state index contributed by atoms with van der Waals surface area (Å²) >= 11 is 1.35. The molecule has 3 N–H and O–H groups in total. The molecule has 36 heavy (non-hydrogen) atoms. The fourth-order valence-corrected chi connectivity index (χ4v) is 5.53. The minimum atomic E-state index is -1.45. The van der Waals surface area contributed by atoms with Gasteiger partial charge in [0.15, 0.2) is 24.7 Å². The Kier molecular flexibility index (Phi) is 6.06. The molecule has 1 unspecified atom stereocenters. The van der Waals surface area contributed by atoms with Crippen LogP contribution in [0.2, 0.25) is 0 Å². The minimum absolute atomic E-state index is 0.0248. The number of nitrogens with one attached hydrogen (secondary N) is 1. The number of aromatic nitrogens is 2. The van der Waals surface area contributed by atoms with Gasteiger partial charge < -0.3 is 30.2 Å². The minimum Gasteiger partial charge on any atom is -0.543 e. The van der Waals surface area contributed by atoms with Gasteiger partial charge in [-0.15, -0.1) is 11.8 Å². The molecule has 0 spiro atoms.